The van der Waals surface area contributed by atoms with Crippen LogP contribution in [0.5, 0.6) is 0 Å². The van der Waals surface area contributed by atoms with Crippen molar-refractivity contribution in [2.24, 2.45) is 0 Å². The lowest BCUT2D eigenvalue weighted by atomic mass is 10.2. The Labute approximate surface area is 117 Å². The molecular weight excluding hydrogens is 266 g/mol. The van der Waals surface area contributed by atoms with Gasteiger partial charge in [0.25, 0.3) is 0 Å². The Hall–Kier alpha value is -1.40. The highest BCUT2D eigenvalue weighted by atomic mass is 35.5. The minimum atomic E-state index is 0.199. The molecule has 0 saturated carbocycles. The maximum absolute atomic E-state index is 5.95. The number of aromatic nitrogens is 3. The lowest BCUT2D eigenvalue weighted by Gasteiger charge is -2.27. The molecule has 19 heavy (non-hydrogen) atoms. The van der Waals surface area contributed by atoms with Gasteiger partial charge in [0.05, 0.1) is 13.2 Å². The third-order valence-electron chi connectivity index (χ3n) is 2.79. The Morgan fingerprint density at radius 1 is 1.42 bits per heavy atom. The van der Waals surface area contributed by atoms with E-state index in [9.17, 15) is 0 Å². The van der Waals surface area contributed by atoms with Crippen molar-refractivity contribution >= 4 is 23.5 Å². The fourth-order valence-electron chi connectivity index (χ4n) is 1.84. The lowest BCUT2D eigenvalue weighted by Crippen LogP contribution is -2.37. The van der Waals surface area contributed by atoms with E-state index in [-0.39, 0.29) is 11.3 Å². The smallest absolute Gasteiger partial charge is 0.231 e. The van der Waals surface area contributed by atoms with Gasteiger partial charge in [-0.1, -0.05) is 6.08 Å². The Balaban J connectivity index is 2.11. The summed E-state index contributed by atoms with van der Waals surface area (Å²) < 4.78 is 5.31. The maximum atomic E-state index is 5.95. The van der Waals surface area contributed by atoms with Crippen LogP contribution in [0.25, 0.3) is 0 Å². The monoisotopic (exact) mass is 283 g/mol. The Kier molecular flexibility index (Phi) is 4.93. The molecule has 1 fully saturated rings. The number of morpholine rings is 1. The van der Waals surface area contributed by atoms with E-state index in [1.165, 1.54) is 0 Å². The number of rotatable bonds is 5. The van der Waals surface area contributed by atoms with Crippen LogP contribution >= 0.6 is 11.6 Å². The van der Waals surface area contributed by atoms with Gasteiger partial charge in [0.2, 0.25) is 17.2 Å². The normalized spacial score (nSPS) is 17.1. The first kappa shape index (κ1) is 14.0. The maximum Gasteiger partial charge on any atom is 0.231 e. The van der Waals surface area contributed by atoms with Crippen molar-refractivity contribution < 1.29 is 4.74 Å². The summed E-state index contributed by atoms with van der Waals surface area (Å²) in [5.41, 5.74) is 0. The molecule has 7 heteroatoms. The lowest BCUT2D eigenvalue weighted by molar-refractivity contribution is 0.122. The molecule has 0 aliphatic carbocycles. The van der Waals surface area contributed by atoms with Crippen molar-refractivity contribution in [3.05, 3.63) is 17.9 Å². The fraction of sp³-hybridized carbons (Fsp3) is 0.583. The van der Waals surface area contributed by atoms with Gasteiger partial charge in [-0.3, -0.25) is 0 Å². The molecule has 2 heterocycles. The molecule has 2 rings (SSSR count). The molecule has 0 spiro atoms. The molecule has 6 nitrogen and oxygen atoms in total. The van der Waals surface area contributed by atoms with Gasteiger partial charge in [0, 0.05) is 19.1 Å². The van der Waals surface area contributed by atoms with Gasteiger partial charge in [0.1, 0.15) is 0 Å². The second-order valence-corrected chi connectivity index (χ2v) is 4.74. The third-order valence-corrected chi connectivity index (χ3v) is 2.95. The largest absolute Gasteiger partial charge is 0.378 e. The summed E-state index contributed by atoms with van der Waals surface area (Å²) >= 11 is 5.95. The summed E-state index contributed by atoms with van der Waals surface area (Å²) in [6, 6.07) is 0.202. The van der Waals surface area contributed by atoms with Crippen LogP contribution < -0.4 is 10.2 Å². The summed E-state index contributed by atoms with van der Waals surface area (Å²) in [4.78, 5) is 14.7. The van der Waals surface area contributed by atoms with Crippen molar-refractivity contribution in [2.45, 2.75) is 19.4 Å². The van der Waals surface area contributed by atoms with Gasteiger partial charge < -0.3 is 15.0 Å². The number of nitrogens with zero attached hydrogens (tertiary/aromatic N) is 4. The van der Waals surface area contributed by atoms with Crippen LogP contribution in [0.4, 0.5) is 11.9 Å². The first-order chi connectivity index (χ1) is 9.19. The predicted molar refractivity (Wildman–Crippen MR) is 75.8 cm³/mol. The highest BCUT2D eigenvalue weighted by Gasteiger charge is 2.16. The van der Waals surface area contributed by atoms with Crippen LogP contribution in [0.3, 0.4) is 0 Å². The van der Waals surface area contributed by atoms with E-state index in [1.54, 1.807) is 0 Å². The van der Waals surface area contributed by atoms with Crippen LogP contribution in [0.15, 0.2) is 12.7 Å². The second kappa shape index (κ2) is 6.68. The van der Waals surface area contributed by atoms with E-state index in [0.717, 1.165) is 19.5 Å². The van der Waals surface area contributed by atoms with Crippen molar-refractivity contribution in [1.29, 1.82) is 0 Å². The average Bonchev–Trinajstić information content (AvgIpc) is 2.39. The molecule has 0 aromatic carbocycles. The van der Waals surface area contributed by atoms with E-state index in [4.69, 9.17) is 16.3 Å². The number of halogens is 1. The van der Waals surface area contributed by atoms with Gasteiger partial charge >= 0.3 is 0 Å². The molecule has 1 aliphatic heterocycles. The number of ether oxygens (including phenoxy) is 1. The van der Waals surface area contributed by atoms with Gasteiger partial charge in [-0.05, 0) is 24.9 Å². The van der Waals surface area contributed by atoms with Gasteiger partial charge in [-0.25, -0.2) is 0 Å². The molecule has 0 bridgehead atoms. The second-order valence-electron chi connectivity index (χ2n) is 4.40. The molecule has 1 unspecified atom stereocenters. The minimum Gasteiger partial charge on any atom is -0.378 e. The van der Waals surface area contributed by atoms with E-state index < -0.39 is 0 Å². The van der Waals surface area contributed by atoms with Gasteiger partial charge in [-0.15, -0.1) is 6.58 Å². The van der Waals surface area contributed by atoms with Crippen molar-refractivity contribution in [1.82, 2.24) is 15.0 Å². The van der Waals surface area contributed by atoms with Crippen molar-refractivity contribution in [3.8, 4) is 0 Å². The zero-order valence-electron chi connectivity index (χ0n) is 11.0. The van der Waals surface area contributed by atoms with Crippen LogP contribution in [0.2, 0.25) is 5.28 Å². The molecule has 1 saturated heterocycles. The highest BCUT2D eigenvalue weighted by molar-refractivity contribution is 6.28. The van der Waals surface area contributed by atoms with Gasteiger partial charge in [0.15, 0.2) is 0 Å². The predicted octanol–water partition coefficient (Wildman–Crippen LogP) is 1.74. The molecule has 1 atom stereocenters. The van der Waals surface area contributed by atoms with Gasteiger partial charge in [-0.2, -0.15) is 15.0 Å². The summed E-state index contributed by atoms with van der Waals surface area (Å²) in [5.74, 6) is 1.09. The summed E-state index contributed by atoms with van der Waals surface area (Å²) in [6.07, 6.45) is 2.68. The standard InChI is InChI=1S/C12H18ClN5O/c1-3-4-9(2)14-11-15-10(13)16-12(17-11)18-5-7-19-8-6-18/h3,9H,1,4-8H2,2H3,(H,14,15,16,17). The summed E-state index contributed by atoms with van der Waals surface area (Å²) in [6.45, 7) is 8.64. The molecule has 1 N–H and O–H groups in total. The highest BCUT2D eigenvalue weighted by Crippen LogP contribution is 2.15. The number of anilines is 2. The first-order valence-electron chi connectivity index (χ1n) is 6.30. The molecule has 1 aromatic heterocycles. The number of nitrogens with one attached hydrogen (secondary N) is 1. The number of hydrogen-bond acceptors (Lipinski definition) is 6. The topological polar surface area (TPSA) is 63.2 Å². The van der Waals surface area contributed by atoms with Crippen LogP contribution in [0, 0.1) is 0 Å². The zero-order chi connectivity index (χ0) is 13.7. The molecule has 0 amide bonds. The average molecular weight is 284 g/mol. The third kappa shape index (κ3) is 4.04. The molecular formula is C12H18ClN5O. The minimum absolute atomic E-state index is 0.199. The molecule has 1 aromatic rings. The van der Waals surface area contributed by atoms with E-state index in [1.807, 2.05) is 17.9 Å². The Morgan fingerprint density at radius 2 is 2.16 bits per heavy atom. The molecule has 1 aliphatic rings. The zero-order valence-corrected chi connectivity index (χ0v) is 11.7. The van der Waals surface area contributed by atoms with Crippen LogP contribution in [0.1, 0.15) is 13.3 Å². The summed E-state index contributed by atoms with van der Waals surface area (Å²) in [5, 5.41) is 3.39. The molecule has 104 valence electrons. The van der Waals surface area contributed by atoms with E-state index in [0.29, 0.717) is 25.1 Å². The molecule has 0 radical (unpaired) electrons. The van der Waals surface area contributed by atoms with Crippen LogP contribution in [-0.2, 0) is 4.74 Å². The fourth-order valence-corrected chi connectivity index (χ4v) is 1.99. The Morgan fingerprint density at radius 3 is 2.84 bits per heavy atom. The van der Waals surface area contributed by atoms with E-state index in [2.05, 4.69) is 26.8 Å². The number of hydrogen-bond donors (Lipinski definition) is 1. The van der Waals surface area contributed by atoms with Crippen molar-refractivity contribution in [2.75, 3.05) is 36.5 Å². The SMILES string of the molecule is C=CCC(C)Nc1nc(Cl)nc(N2CCOCC2)n1. The Bertz CT molecular complexity index is 436. The quantitative estimate of drug-likeness (QED) is 0.831. The van der Waals surface area contributed by atoms with Crippen molar-refractivity contribution in [3.63, 3.8) is 0 Å². The first-order valence-corrected chi connectivity index (χ1v) is 6.68. The summed E-state index contributed by atoms with van der Waals surface area (Å²) in [7, 11) is 0. The van der Waals surface area contributed by atoms with E-state index >= 15 is 0 Å². The van der Waals surface area contributed by atoms with Crippen LogP contribution in [-0.4, -0.2) is 47.3 Å².